The van der Waals surface area contributed by atoms with Gasteiger partial charge in [0.15, 0.2) is 0 Å². The molecule has 0 bridgehead atoms. The minimum absolute atomic E-state index is 0.288. The molecule has 0 aromatic rings. The molecule has 2 rings (SSSR count). The van der Waals surface area contributed by atoms with Crippen LogP contribution in [0.5, 0.6) is 0 Å². The van der Waals surface area contributed by atoms with Crippen molar-refractivity contribution in [2.45, 2.75) is 18.9 Å². The summed E-state index contributed by atoms with van der Waals surface area (Å²) < 4.78 is 0. The first kappa shape index (κ1) is 9.86. The zero-order valence-electron chi connectivity index (χ0n) is 8.18. The molecule has 0 saturated carbocycles. The van der Waals surface area contributed by atoms with Crippen LogP contribution in [0.4, 0.5) is 0 Å². The van der Waals surface area contributed by atoms with E-state index in [1.807, 2.05) is 24.3 Å². The average Bonchev–Trinajstić information content (AvgIpc) is 2.59. The van der Waals surface area contributed by atoms with Gasteiger partial charge in [-0.1, -0.05) is 18.2 Å². The van der Waals surface area contributed by atoms with E-state index in [0.717, 1.165) is 23.4 Å². The van der Waals surface area contributed by atoms with Crippen LogP contribution in [0.1, 0.15) is 12.8 Å². The van der Waals surface area contributed by atoms with Crippen molar-refractivity contribution < 1.29 is 9.90 Å². The van der Waals surface area contributed by atoms with E-state index in [1.165, 1.54) is 0 Å². The molecule has 4 heteroatoms. The summed E-state index contributed by atoms with van der Waals surface area (Å²) in [6, 6.07) is -0.866. The summed E-state index contributed by atoms with van der Waals surface area (Å²) in [5, 5.41) is 8.67. The molecule has 4 nitrogen and oxygen atoms in total. The highest BCUT2D eigenvalue weighted by molar-refractivity contribution is 6.07. The van der Waals surface area contributed by atoms with Crippen LogP contribution in [0.3, 0.4) is 0 Å². The van der Waals surface area contributed by atoms with Gasteiger partial charge in [-0.2, -0.15) is 0 Å². The summed E-state index contributed by atoms with van der Waals surface area (Å²) in [4.78, 5) is 14.9. The Kier molecular flexibility index (Phi) is 2.51. The van der Waals surface area contributed by atoms with Crippen LogP contribution in [-0.4, -0.2) is 22.8 Å². The van der Waals surface area contributed by atoms with E-state index in [1.54, 1.807) is 0 Å². The minimum Gasteiger partial charge on any atom is -0.480 e. The number of carboxylic acid groups (broad SMARTS) is 1. The van der Waals surface area contributed by atoms with Crippen LogP contribution in [0.2, 0.25) is 0 Å². The van der Waals surface area contributed by atoms with Gasteiger partial charge in [0.2, 0.25) is 0 Å². The van der Waals surface area contributed by atoms with Crippen LogP contribution in [0.15, 0.2) is 40.6 Å². The van der Waals surface area contributed by atoms with Crippen molar-refractivity contribution in [2.24, 2.45) is 10.7 Å². The third kappa shape index (κ3) is 2.05. The van der Waals surface area contributed by atoms with Crippen LogP contribution in [-0.2, 0) is 4.79 Å². The normalized spacial score (nSPS) is 20.2. The predicted octanol–water partition coefficient (Wildman–Crippen LogP) is 1.01. The van der Waals surface area contributed by atoms with Gasteiger partial charge in [-0.05, 0) is 11.6 Å². The Balaban J connectivity index is 2.09. The molecule has 1 aliphatic heterocycles. The van der Waals surface area contributed by atoms with Crippen molar-refractivity contribution in [1.29, 1.82) is 0 Å². The largest absolute Gasteiger partial charge is 0.480 e. The number of carbonyl (C=O) groups is 1. The lowest BCUT2D eigenvalue weighted by Gasteiger charge is -2.03. The molecule has 3 N–H and O–H groups in total. The Morgan fingerprint density at radius 3 is 3.13 bits per heavy atom. The van der Waals surface area contributed by atoms with E-state index >= 15 is 0 Å². The summed E-state index contributed by atoms with van der Waals surface area (Å²) in [6.07, 6.45) is 8.98. The van der Waals surface area contributed by atoms with Crippen molar-refractivity contribution in [3.05, 3.63) is 35.6 Å². The molecular formula is C11H12N2O2. The van der Waals surface area contributed by atoms with E-state index in [9.17, 15) is 4.79 Å². The monoisotopic (exact) mass is 204 g/mol. The Morgan fingerprint density at radius 1 is 1.67 bits per heavy atom. The number of hydrogen-bond acceptors (Lipinski definition) is 3. The Bertz CT molecular complexity index is 416. The molecule has 15 heavy (non-hydrogen) atoms. The molecule has 1 heterocycles. The Labute approximate surface area is 87.5 Å². The molecule has 2 aliphatic rings. The third-order valence-electron chi connectivity index (χ3n) is 2.40. The van der Waals surface area contributed by atoms with E-state index in [0.29, 0.717) is 0 Å². The highest BCUT2D eigenvalue weighted by Crippen LogP contribution is 2.24. The maximum atomic E-state index is 10.6. The fraction of sp³-hybridized carbons (Fsp3) is 0.273. The number of carboxylic acids is 1. The zero-order valence-corrected chi connectivity index (χ0v) is 8.18. The number of aliphatic imine (C=N–C) groups is 1. The molecule has 1 atom stereocenters. The average molecular weight is 204 g/mol. The standard InChI is InChI=1S/C11H12N2O2/c12-9(11(14)15)6-8-5-7-3-1-2-4-10(7)13-8/h1-3,5,9H,4,6,12H2,(H,14,15). The molecule has 0 aromatic heterocycles. The number of nitrogens with zero attached hydrogens (tertiary/aromatic N) is 1. The fourth-order valence-electron chi connectivity index (χ4n) is 1.61. The predicted molar refractivity (Wildman–Crippen MR) is 57.6 cm³/mol. The van der Waals surface area contributed by atoms with Gasteiger partial charge in [-0.15, -0.1) is 0 Å². The highest BCUT2D eigenvalue weighted by atomic mass is 16.4. The molecule has 0 saturated heterocycles. The molecule has 78 valence electrons. The highest BCUT2D eigenvalue weighted by Gasteiger charge is 2.19. The maximum absolute atomic E-state index is 10.6. The lowest BCUT2D eigenvalue weighted by molar-refractivity contribution is -0.138. The Morgan fingerprint density at radius 2 is 2.47 bits per heavy atom. The van der Waals surface area contributed by atoms with E-state index in [2.05, 4.69) is 4.99 Å². The first-order valence-corrected chi connectivity index (χ1v) is 4.80. The molecule has 0 fully saturated rings. The van der Waals surface area contributed by atoms with E-state index < -0.39 is 12.0 Å². The minimum atomic E-state index is -0.988. The Hall–Kier alpha value is -1.68. The number of fused-ring (bicyclic) bond motifs is 1. The second kappa shape index (κ2) is 3.82. The number of hydrogen-bond donors (Lipinski definition) is 2. The zero-order chi connectivity index (χ0) is 10.8. The van der Waals surface area contributed by atoms with Crippen LogP contribution >= 0.6 is 0 Å². The van der Waals surface area contributed by atoms with Crippen LogP contribution in [0, 0.1) is 0 Å². The van der Waals surface area contributed by atoms with Gasteiger partial charge in [-0.3, -0.25) is 9.79 Å². The van der Waals surface area contributed by atoms with Crippen molar-refractivity contribution in [3.63, 3.8) is 0 Å². The first-order chi connectivity index (χ1) is 7.16. The van der Waals surface area contributed by atoms with Gasteiger partial charge in [-0.25, -0.2) is 0 Å². The molecule has 0 spiro atoms. The summed E-state index contributed by atoms with van der Waals surface area (Å²) in [6.45, 7) is 0. The van der Waals surface area contributed by atoms with Crippen molar-refractivity contribution in [1.82, 2.24) is 0 Å². The molecule has 0 radical (unpaired) electrons. The van der Waals surface area contributed by atoms with Gasteiger partial charge in [0.05, 0.1) is 5.71 Å². The van der Waals surface area contributed by atoms with Crippen molar-refractivity contribution >= 4 is 11.7 Å². The number of allylic oxidation sites excluding steroid dienone is 5. The smallest absolute Gasteiger partial charge is 0.320 e. The number of rotatable bonds is 3. The summed E-state index contributed by atoms with van der Waals surface area (Å²) in [5.74, 6) is -0.988. The van der Waals surface area contributed by atoms with Crippen LogP contribution in [0.25, 0.3) is 0 Å². The molecule has 0 aromatic carbocycles. The van der Waals surface area contributed by atoms with Gasteiger partial charge >= 0.3 is 5.97 Å². The summed E-state index contributed by atoms with van der Waals surface area (Å²) >= 11 is 0. The molecule has 1 unspecified atom stereocenters. The second-order valence-corrected chi connectivity index (χ2v) is 3.60. The van der Waals surface area contributed by atoms with E-state index in [4.69, 9.17) is 10.8 Å². The lowest BCUT2D eigenvalue weighted by atomic mass is 10.0. The second-order valence-electron chi connectivity index (χ2n) is 3.60. The van der Waals surface area contributed by atoms with Gasteiger partial charge < -0.3 is 10.8 Å². The third-order valence-corrected chi connectivity index (χ3v) is 2.40. The number of nitrogens with two attached hydrogens (primary N) is 1. The van der Waals surface area contributed by atoms with Crippen LogP contribution < -0.4 is 5.73 Å². The number of aliphatic carboxylic acids is 1. The van der Waals surface area contributed by atoms with Gasteiger partial charge in [0.25, 0.3) is 0 Å². The molecule has 0 amide bonds. The van der Waals surface area contributed by atoms with Crippen molar-refractivity contribution in [2.75, 3.05) is 0 Å². The first-order valence-electron chi connectivity index (χ1n) is 4.80. The van der Waals surface area contributed by atoms with Gasteiger partial charge in [0.1, 0.15) is 6.04 Å². The fourth-order valence-corrected chi connectivity index (χ4v) is 1.61. The molecule has 1 aliphatic carbocycles. The SMILES string of the molecule is NC(CC1=CC2=CC=CCC2=N1)C(=O)O. The summed E-state index contributed by atoms with van der Waals surface area (Å²) in [5.41, 5.74) is 8.28. The lowest BCUT2D eigenvalue weighted by Crippen LogP contribution is -2.30. The van der Waals surface area contributed by atoms with Crippen molar-refractivity contribution in [3.8, 4) is 0 Å². The molecular weight excluding hydrogens is 192 g/mol. The van der Waals surface area contributed by atoms with E-state index in [-0.39, 0.29) is 6.42 Å². The topological polar surface area (TPSA) is 75.7 Å². The maximum Gasteiger partial charge on any atom is 0.320 e. The summed E-state index contributed by atoms with van der Waals surface area (Å²) in [7, 11) is 0. The quantitative estimate of drug-likeness (QED) is 0.720. The van der Waals surface area contributed by atoms with Gasteiger partial charge in [0, 0.05) is 18.5 Å².